The van der Waals surface area contributed by atoms with Crippen molar-refractivity contribution in [3.63, 3.8) is 0 Å². The molecule has 0 aromatic carbocycles. The van der Waals surface area contributed by atoms with Crippen LogP contribution in [-0.4, -0.2) is 49.1 Å². The largest absolute Gasteiger partial charge is 0.303 e. The highest BCUT2D eigenvalue weighted by Gasteiger charge is 2.10. The molecule has 2 fully saturated rings. The zero-order chi connectivity index (χ0) is 11.8. The van der Waals surface area contributed by atoms with Gasteiger partial charge in [-0.2, -0.15) is 0 Å². The summed E-state index contributed by atoms with van der Waals surface area (Å²) in [5.74, 6) is 0. The number of rotatable bonds is 6. The molecule has 2 nitrogen and oxygen atoms in total. The van der Waals surface area contributed by atoms with E-state index in [2.05, 4.69) is 9.80 Å². The van der Waals surface area contributed by atoms with Crippen molar-refractivity contribution in [1.29, 1.82) is 0 Å². The van der Waals surface area contributed by atoms with Crippen LogP contribution in [0.25, 0.3) is 0 Å². The molecule has 0 atom stereocenters. The second-order valence-corrected chi connectivity index (χ2v) is 5.87. The number of halogens is 2. The maximum absolute atomic E-state index is 2.67. The van der Waals surface area contributed by atoms with E-state index in [1.54, 1.807) is 0 Å². The minimum Gasteiger partial charge on any atom is -0.303 e. The van der Waals surface area contributed by atoms with Gasteiger partial charge in [-0.1, -0.05) is 19.3 Å². The van der Waals surface area contributed by atoms with Gasteiger partial charge < -0.3 is 9.80 Å². The van der Waals surface area contributed by atoms with Gasteiger partial charge in [0.2, 0.25) is 0 Å². The van der Waals surface area contributed by atoms with Gasteiger partial charge in [-0.15, -0.1) is 24.8 Å². The van der Waals surface area contributed by atoms with Crippen molar-refractivity contribution in [2.45, 2.75) is 57.8 Å². The molecule has 0 unspecified atom stereocenters. The Kier molecular flexibility index (Phi) is 12.6. The van der Waals surface area contributed by atoms with Crippen molar-refractivity contribution in [3.05, 3.63) is 0 Å². The van der Waals surface area contributed by atoms with Gasteiger partial charge in [-0.05, 0) is 77.8 Å². The topological polar surface area (TPSA) is 6.48 Å². The van der Waals surface area contributed by atoms with Gasteiger partial charge >= 0.3 is 0 Å². The average molecular weight is 311 g/mol. The van der Waals surface area contributed by atoms with Crippen molar-refractivity contribution in [2.75, 3.05) is 39.3 Å². The molecule has 2 rings (SSSR count). The lowest BCUT2D eigenvalue weighted by molar-refractivity contribution is 0.210. The minimum absolute atomic E-state index is 0. The van der Waals surface area contributed by atoms with E-state index >= 15 is 0 Å². The number of unbranched alkanes of at least 4 members (excludes halogenated alkanes) is 2. The van der Waals surface area contributed by atoms with E-state index < -0.39 is 0 Å². The zero-order valence-electron chi connectivity index (χ0n) is 12.3. The fourth-order valence-electron chi connectivity index (χ4n) is 3.21. The molecule has 0 aromatic heterocycles. The number of hydrogen-bond acceptors (Lipinski definition) is 2. The van der Waals surface area contributed by atoms with Crippen LogP contribution in [0.3, 0.4) is 0 Å². The lowest BCUT2D eigenvalue weighted by Gasteiger charge is -2.27. The van der Waals surface area contributed by atoms with Gasteiger partial charge in [0.15, 0.2) is 0 Å². The van der Waals surface area contributed by atoms with Crippen LogP contribution in [0.15, 0.2) is 0 Å². The molecule has 0 bridgehead atoms. The van der Waals surface area contributed by atoms with Crippen molar-refractivity contribution in [1.82, 2.24) is 9.80 Å². The van der Waals surface area contributed by atoms with Gasteiger partial charge in [-0.25, -0.2) is 0 Å². The molecule has 2 heterocycles. The van der Waals surface area contributed by atoms with E-state index in [1.165, 1.54) is 97.1 Å². The molecule has 0 spiro atoms. The molecule has 0 radical (unpaired) electrons. The Balaban J connectivity index is 0.00000162. The van der Waals surface area contributed by atoms with Crippen LogP contribution in [0, 0.1) is 0 Å². The van der Waals surface area contributed by atoms with Gasteiger partial charge in [0.25, 0.3) is 0 Å². The third-order valence-corrected chi connectivity index (χ3v) is 4.35. The van der Waals surface area contributed by atoms with Crippen molar-refractivity contribution in [2.24, 2.45) is 0 Å². The molecule has 2 saturated heterocycles. The Bertz CT molecular complexity index is 171. The molecule has 2 aliphatic rings. The lowest BCUT2D eigenvalue weighted by Crippen LogP contribution is -2.31. The first kappa shape index (κ1) is 19.5. The number of hydrogen-bond donors (Lipinski definition) is 0. The van der Waals surface area contributed by atoms with Crippen LogP contribution in [0.5, 0.6) is 0 Å². The Morgan fingerprint density at radius 3 is 1.21 bits per heavy atom. The van der Waals surface area contributed by atoms with Gasteiger partial charge in [0, 0.05) is 0 Å². The molecular formula is C15H32Cl2N2. The van der Waals surface area contributed by atoms with E-state index in [0.717, 1.165) is 0 Å². The predicted molar refractivity (Wildman–Crippen MR) is 88.9 cm³/mol. The van der Waals surface area contributed by atoms with Gasteiger partial charge in [0.1, 0.15) is 0 Å². The SMILES string of the molecule is C1CCN(CCCCCN2CCCCC2)CC1.Cl.Cl. The smallest absolute Gasteiger partial charge is 0.00187 e. The minimum atomic E-state index is 0. The van der Waals surface area contributed by atoms with E-state index in [9.17, 15) is 0 Å². The van der Waals surface area contributed by atoms with Crippen LogP contribution in [0.4, 0.5) is 0 Å². The first-order valence-electron chi connectivity index (χ1n) is 7.90. The first-order chi connectivity index (χ1) is 8.45. The molecule has 0 saturated carbocycles. The molecule has 2 aliphatic heterocycles. The summed E-state index contributed by atoms with van der Waals surface area (Å²) in [6, 6.07) is 0. The maximum Gasteiger partial charge on any atom is -0.00187 e. The zero-order valence-corrected chi connectivity index (χ0v) is 14.0. The van der Waals surface area contributed by atoms with Crippen LogP contribution >= 0.6 is 24.8 Å². The Labute approximate surface area is 132 Å². The summed E-state index contributed by atoms with van der Waals surface area (Å²) in [4.78, 5) is 5.34. The lowest BCUT2D eigenvalue weighted by atomic mass is 10.1. The highest BCUT2D eigenvalue weighted by molar-refractivity contribution is 5.85. The monoisotopic (exact) mass is 310 g/mol. The molecule has 4 heteroatoms. The highest BCUT2D eigenvalue weighted by atomic mass is 35.5. The van der Waals surface area contributed by atoms with Crippen LogP contribution < -0.4 is 0 Å². The molecule has 0 aliphatic carbocycles. The van der Waals surface area contributed by atoms with Crippen LogP contribution in [0.2, 0.25) is 0 Å². The fourth-order valence-corrected chi connectivity index (χ4v) is 3.21. The molecule has 0 amide bonds. The summed E-state index contributed by atoms with van der Waals surface area (Å²) in [5, 5.41) is 0. The third-order valence-electron chi connectivity index (χ3n) is 4.35. The van der Waals surface area contributed by atoms with Crippen molar-refractivity contribution < 1.29 is 0 Å². The summed E-state index contributed by atoms with van der Waals surface area (Å²) in [6.07, 6.45) is 13.0. The molecule has 19 heavy (non-hydrogen) atoms. The predicted octanol–water partition coefficient (Wildman–Crippen LogP) is 3.97. The third kappa shape index (κ3) is 8.39. The van der Waals surface area contributed by atoms with E-state index in [-0.39, 0.29) is 24.8 Å². The Hall–Kier alpha value is 0.500. The van der Waals surface area contributed by atoms with E-state index in [4.69, 9.17) is 0 Å². The summed E-state index contributed by atoms with van der Waals surface area (Å²) in [6.45, 7) is 8.19. The summed E-state index contributed by atoms with van der Waals surface area (Å²) in [5.41, 5.74) is 0. The number of nitrogens with zero attached hydrogens (tertiary/aromatic N) is 2. The molecule has 116 valence electrons. The highest BCUT2D eigenvalue weighted by Crippen LogP contribution is 2.12. The standard InChI is InChI=1S/C15H30N2.2ClH/c1-4-10-16(11-5-1)14-8-3-9-15-17-12-6-2-7-13-17;;/h1-15H2;2*1H. The first-order valence-corrected chi connectivity index (χ1v) is 7.90. The van der Waals surface area contributed by atoms with E-state index in [0.29, 0.717) is 0 Å². The maximum atomic E-state index is 2.67. The Morgan fingerprint density at radius 1 is 0.474 bits per heavy atom. The van der Waals surface area contributed by atoms with Crippen molar-refractivity contribution >= 4 is 24.8 Å². The number of likely N-dealkylation sites (tertiary alicyclic amines) is 2. The van der Waals surface area contributed by atoms with Gasteiger partial charge in [0.05, 0.1) is 0 Å². The summed E-state index contributed by atoms with van der Waals surface area (Å²) < 4.78 is 0. The quantitative estimate of drug-likeness (QED) is 0.685. The average Bonchev–Trinajstić information content (AvgIpc) is 2.41. The molecule has 0 aromatic rings. The van der Waals surface area contributed by atoms with Gasteiger partial charge in [-0.3, -0.25) is 0 Å². The normalized spacial score (nSPS) is 21.5. The second-order valence-electron chi connectivity index (χ2n) is 5.87. The Morgan fingerprint density at radius 2 is 0.842 bits per heavy atom. The molecule has 0 N–H and O–H groups in total. The van der Waals surface area contributed by atoms with Crippen LogP contribution in [-0.2, 0) is 0 Å². The second kappa shape index (κ2) is 12.3. The molecular weight excluding hydrogens is 279 g/mol. The summed E-state index contributed by atoms with van der Waals surface area (Å²) in [7, 11) is 0. The van der Waals surface area contributed by atoms with Crippen molar-refractivity contribution in [3.8, 4) is 0 Å². The summed E-state index contributed by atoms with van der Waals surface area (Å²) >= 11 is 0. The number of piperidine rings is 2. The fraction of sp³-hybridized carbons (Fsp3) is 1.00. The van der Waals surface area contributed by atoms with Crippen LogP contribution in [0.1, 0.15) is 57.8 Å². The van der Waals surface area contributed by atoms with E-state index in [1.807, 2.05) is 0 Å².